The van der Waals surface area contributed by atoms with E-state index in [0.717, 1.165) is 37.5 Å². The molecule has 0 radical (unpaired) electrons. The molecule has 1 saturated heterocycles. The van der Waals surface area contributed by atoms with E-state index in [1.165, 1.54) is 0 Å². The number of aromatic nitrogens is 1. The summed E-state index contributed by atoms with van der Waals surface area (Å²) in [5, 5.41) is 0.323. The summed E-state index contributed by atoms with van der Waals surface area (Å²) in [6.07, 6.45) is 1.18. The van der Waals surface area contributed by atoms with Crippen molar-refractivity contribution in [2.75, 3.05) is 18.8 Å². The predicted molar refractivity (Wildman–Crippen MR) is 81.1 cm³/mol. The summed E-state index contributed by atoms with van der Waals surface area (Å²) in [5.74, 6) is -0.0779. The summed E-state index contributed by atoms with van der Waals surface area (Å²) in [6.45, 7) is 6.93. The van der Waals surface area contributed by atoms with E-state index in [0.29, 0.717) is 16.6 Å². The second-order valence-corrected chi connectivity index (χ2v) is 6.37. The lowest BCUT2D eigenvalue weighted by atomic mass is 9.99. The number of nitrogen functional groups attached to an aromatic ring is 1. The minimum atomic E-state index is -0.801. The van der Waals surface area contributed by atoms with E-state index in [4.69, 9.17) is 10.5 Å². The minimum Gasteiger partial charge on any atom is -0.449 e. The van der Waals surface area contributed by atoms with Gasteiger partial charge in [-0.2, -0.15) is 4.37 Å². The monoisotopic (exact) mass is 311 g/mol. The standard InChI is InChI=1S/C14H21N3O3S/c1-8-4-6-17(7-5-8)13(18)10(3)20-14(19)11-9(2)16-21-12(11)15/h8,10H,4-7,15H2,1-3H3. The smallest absolute Gasteiger partial charge is 0.343 e. The maximum atomic E-state index is 12.3. The number of likely N-dealkylation sites (tertiary alicyclic amines) is 1. The van der Waals surface area contributed by atoms with Gasteiger partial charge in [0, 0.05) is 13.1 Å². The highest BCUT2D eigenvalue weighted by atomic mass is 32.1. The van der Waals surface area contributed by atoms with E-state index in [-0.39, 0.29) is 11.5 Å². The highest BCUT2D eigenvalue weighted by Gasteiger charge is 2.28. The van der Waals surface area contributed by atoms with Crippen LogP contribution in [-0.2, 0) is 9.53 Å². The van der Waals surface area contributed by atoms with Crippen molar-refractivity contribution in [3.63, 3.8) is 0 Å². The predicted octanol–water partition coefficient (Wildman–Crippen LogP) is 1.84. The Morgan fingerprint density at radius 2 is 2.05 bits per heavy atom. The summed E-state index contributed by atoms with van der Waals surface area (Å²) >= 11 is 1.05. The van der Waals surface area contributed by atoms with Crippen LogP contribution in [0.4, 0.5) is 5.00 Å². The SMILES string of the molecule is Cc1nsc(N)c1C(=O)OC(C)C(=O)N1CCC(C)CC1. The van der Waals surface area contributed by atoms with Crippen LogP contribution in [0.3, 0.4) is 0 Å². The van der Waals surface area contributed by atoms with Gasteiger partial charge in [0.2, 0.25) is 0 Å². The largest absolute Gasteiger partial charge is 0.449 e. The zero-order chi connectivity index (χ0) is 15.6. The zero-order valence-corrected chi connectivity index (χ0v) is 13.4. The van der Waals surface area contributed by atoms with Gasteiger partial charge in [-0.1, -0.05) is 6.92 Å². The maximum Gasteiger partial charge on any atom is 0.343 e. The lowest BCUT2D eigenvalue weighted by Crippen LogP contribution is -2.44. The Morgan fingerprint density at radius 3 is 2.57 bits per heavy atom. The van der Waals surface area contributed by atoms with Gasteiger partial charge >= 0.3 is 5.97 Å². The summed E-state index contributed by atoms with van der Waals surface area (Å²) in [4.78, 5) is 26.1. The molecule has 1 amide bonds. The van der Waals surface area contributed by atoms with Crippen LogP contribution in [0, 0.1) is 12.8 Å². The molecular weight excluding hydrogens is 290 g/mol. The van der Waals surface area contributed by atoms with Crippen molar-refractivity contribution in [1.29, 1.82) is 0 Å². The van der Waals surface area contributed by atoms with Crippen molar-refractivity contribution in [2.24, 2.45) is 5.92 Å². The number of nitrogens with zero attached hydrogens (tertiary/aromatic N) is 2. The van der Waals surface area contributed by atoms with E-state index in [1.54, 1.807) is 18.7 Å². The first-order valence-corrected chi connectivity index (χ1v) is 7.89. The topological polar surface area (TPSA) is 85.5 Å². The van der Waals surface area contributed by atoms with Gasteiger partial charge in [-0.15, -0.1) is 0 Å². The molecule has 0 bridgehead atoms. The number of hydrogen-bond acceptors (Lipinski definition) is 6. The van der Waals surface area contributed by atoms with Crippen LogP contribution in [-0.4, -0.2) is 40.3 Å². The number of anilines is 1. The van der Waals surface area contributed by atoms with E-state index >= 15 is 0 Å². The van der Waals surface area contributed by atoms with E-state index in [1.807, 2.05) is 0 Å². The molecule has 2 heterocycles. The molecule has 2 rings (SSSR count). The molecule has 1 aliphatic heterocycles. The first-order chi connectivity index (χ1) is 9.90. The first kappa shape index (κ1) is 15.8. The van der Waals surface area contributed by atoms with Gasteiger partial charge in [0.05, 0.1) is 5.69 Å². The number of carbonyl (C=O) groups is 2. The Hall–Kier alpha value is -1.63. The van der Waals surface area contributed by atoms with Crippen molar-refractivity contribution >= 4 is 28.4 Å². The molecule has 1 fully saturated rings. The third-order valence-corrected chi connectivity index (χ3v) is 4.59. The molecule has 1 atom stereocenters. The van der Waals surface area contributed by atoms with Crippen LogP contribution in [0.15, 0.2) is 0 Å². The number of ether oxygens (including phenoxy) is 1. The average molecular weight is 311 g/mol. The fourth-order valence-corrected chi connectivity index (χ4v) is 3.04. The van der Waals surface area contributed by atoms with Gasteiger partial charge < -0.3 is 15.4 Å². The molecule has 0 saturated carbocycles. The third kappa shape index (κ3) is 3.53. The Kier molecular flexibility index (Phi) is 4.82. The van der Waals surface area contributed by atoms with E-state index < -0.39 is 12.1 Å². The summed E-state index contributed by atoms with van der Waals surface area (Å²) in [7, 11) is 0. The average Bonchev–Trinajstić information content (AvgIpc) is 2.78. The quantitative estimate of drug-likeness (QED) is 0.861. The molecule has 7 heteroatoms. The normalized spacial score (nSPS) is 17.6. The molecule has 1 unspecified atom stereocenters. The maximum absolute atomic E-state index is 12.3. The molecular formula is C14H21N3O3S. The summed E-state index contributed by atoms with van der Waals surface area (Å²) < 4.78 is 9.26. The van der Waals surface area contributed by atoms with Gasteiger partial charge in [-0.05, 0) is 44.1 Å². The van der Waals surface area contributed by atoms with Crippen LogP contribution < -0.4 is 5.73 Å². The molecule has 6 nitrogen and oxygen atoms in total. The number of rotatable bonds is 3. The van der Waals surface area contributed by atoms with Gasteiger partial charge in [0.25, 0.3) is 5.91 Å². The molecule has 1 aromatic rings. The Bertz CT molecular complexity index is 516. The van der Waals surface area contributed by atoms with Crippen molar-refractivity contribution in [1.82, 2.24) is 9.27 Å². The second kappa shape index (κ2) is 6.43. The second-order valence-electron chi connectivity index (χ2n) is 5.56. The van der Waals surface area contributed by atoms with Crippen LogP contribution in [0.5, 0.6) is 0 Å². The number of esters is 1. The van der Waals surface area contributed by atoms with Gasteiger partial charge in [0.1, 0.15) is 10.6 Å². The number of piperidine rings is 1. The number of aryl methyl sites for hydroxylation is 1. The Morgan fingerprint density at radius 1 is 1.43 bits per heavy atom. The molecule has 0 aliphatic carbocycles. The van der Waals surface area contributed by atoms with Crippen molar-refractivity contribution in [2.45, 2.75) is 39.7 Å². The molecule has 1 aliphatic rings. The minimum absolute atomic E-state index is 0.144. The molecule has 1 aromatic heterocycles. The number of hydrogen-bond donors (Lipinski definition) is 1. The van der Waals surface area contributed by atoms with Crippen LogP contribution in [0.2, 0.25) is 0 Å². The summed E-state index contributed by atoms with van der Waals surface area (Å²) in [5.41, 5.74) is 6.52. The van der Waals surface area contributed by atoms with Crippen LogP contribution >= 0.6 is 11.5 Å². The number of nitrogens with two attached hydrogens (primary N) is 1. The number of amides is 1. The number of carbonyl (C=O) groups excluding carboxylic acids is 2. The molecule has 116 valence electrons. The van der Waals surface area contributed by atoms with E-state index in [9.17, 15) is 9.59 Å². The first-order valence-electron chi connectivity index (χ1n) is 7.11. The van der Waals surface area contributed by atoms with Crippen molar-refractivity contribution < 1.29 is 14.3 Å². The van der Waals surface area contributed by atoms with Crippen LogP contribution in [0.25, 0.3) is 0 Å². The highest BCUT2D eigenvalue weighted by Crippen LogP contribution is 2.23. The third-order valence-electron chi connectivity index (χ3n) is 3.82. The molecule has 0 spiro atoms. The van der Waals surface area contributed by atoms with Gasteiger partial charge in [0.15, 0.2) is 6.10 Å². The van der Waals surface area contributed by atoms with Crippen LogP contribution in [0.1, 0.15) is 42.7 Å². The zero-order valence-electron chi connectivity index (χ0n) is 12.6. The highest BCUT2D eigenvalue weighted by molar-refractivity contribution is 7.10. The lowest BCUT2D eigenvalue weighted by Gasteiger charge is -2.31. The van der Waals surface area contributed by atoms with Gasteiger partial charge in [-0.25, -0.2) is 4.79 Å². The molecule has 2 N–H and O–H groups in total. The lowest BCUT2D eigenvalue weighted by molar-refractivity contribution is -0.141. The van der Waals surface area contributed by atoms with Gasteiger partial charge in [-0.3, -0.25) is 4.79 Å². The van der Waals surface area contributed by atoms with Crippen molar-refractivity contribution in [3.05, 3.63) is 11.3 Å². The van der Waals surface area contributed by atoms with Crippen molar-refractivity contribution in [3.8, 4) is 0 Å². The fraction of sp³-hybridized carbons (Fsp3) is 0.643. The molecule has 0 aromatic carbocycles. The Labute approximate surface area is 128 Å². The van der Waals surface area contributed by atoms with E-state index in [2.05, 4.69) is 11.3 Å². The molecule has 21 heavy (non-hydrogen) atoms. The Balaban J connectivity index is 1.96. The summed E-state index contributed by atoms with van der Waals surface area (Å²) in [6, 6.07) is 0. The fourth-order valence-electron chi connectivity index (χ4n) is 2.39.